The molecule has 1 unspecified atom stereocenters. The first-order valence-corrected chi connectivity index (χ1v) is 12.0. The summed E-state index contributed by atoms with van der Waals surface area (Å²) < 4.78 is 33.0. The van der Waals surface area contributed by atoms with E-state index in [9.17, 15) is 14.2 Å². The molecule has 0 spiro atoms. The van der Waals surface area contributed by atoms with Gasteiger partial charge in [-0.15, -0.1) is 0 Å². The molecule has 33 heavy (non-hydrogen) atoms. The van der Waals surface area contributed by atoms with Crippen LogP contribution in [-0.4, -0.2) is 30.3 Å². The summed E-state index contributed by atoms with van der Waals surface area (Å²) in [6, 6.07) is 17.7. The van der Waals surface area contributed by atoms with Crippen LogP contribution in [0.4, 0.5) is 4.79 Å². The Kier molecular flexibility index (Phi) is 11.1. The first-order chi connectivity index (χ1) is 15.7. The minimum atomic E-state index is -2.68. The summed E-state index contributed by atoms with van der Waals surface area (Å²) in [5, 5.41) is 2.55. The lowest BCUT2D eigenvalue weighted by Crippen LogP contribution is -2.44. The number of rotatable bonds is 12. The van der Waals surface area contributed by atoms with E-state index in [1.165, 1.54) is 0 Å². The average Bonchev–Trinajstić information content (AvgIpc) is 2.78. The molecule has 2 rings (SSSR count). The van der Waals surface area contributed by atoms with Gasteiger partial charge in [-0.05, 0) is 44.7 Å². The number of carbonyl (C=O) groups excluding carboxylic acids is 2. The molecule has 0 aliphatic carbocycles. The molecule has 2 aromatic rings. The Hall–Kier alpha value is -2.67. The van der Waals surface area contributed by atoms with Gasteiger partial charge in [-0.2, -0.15) is 0 Å². The monoisotopic (exact) mass is 477 g/mol. The number of ether oxygens (including phenoxy) is 2. The molecule has 0 saturated carbocycles. The summed E-state index contributed by atoms with van der Waals surface area (Å²) in [4.78, 5) is 24.8. The molecule has 0 aromatic heterocycles. The summed E-state index contributed by atoms with van der Waals surface area (Å²) in [6.45, 7) is 5.57. The standard InChI is InChI=1S/C24H32NO7P/c1-24(2,3)32-23(27)25-21(22(26)29-17-19-11-6-4-7-12-19)15-10-16-30-33(28)31-18-20-13-8-5-9-14-20/h4-9,11-14,21,33H,10,15-18H2,1-3H3,(H,25,27)/t21-/m1/s1. The number of hydrogen-bond donors (Lipinski definition) is 1. The van der Waals surface area contributed by atoms with Crippen LogP contribution in [0.1, 0.15) is 44.7 Å². The maximum atomic E-state index is 12.6. The number of esters is 1. The van der Waals surface area contributed by atoms with Crippen molar-refractivity contribution in [3.63, 3.8) is 0 Å². The SMILES string of the molecule is CC(C)(C)OC(=O)N[C@H](CCCO[PH](=O)OCc1ccccc1)C(=O)OCc1ccccc1. The van der Waals surface area contributed by atoms with Crippen molar-refractivity contribution in [2.24, 2.45) is 0 Å². The first-order valence-electron chi connectivity index (χ1n) is 10.8. The third-order valence-corrected chi connectivity index (χ3v) is 5.08. The molecule has 0 fully saturated rings. The van der Waals surface area contributed by atoms with Gasteiger partial charge in [-0.3, -0.25) is 4.57 Å². The summed E-state index contributed by atoms with van der Waals surface area (Å²) in [6.07, 6.45) is -0.142. The van der Waals surface area contributed by atoms with E-state index in [0.717, 1.165) is 11.1 Å². The number of carbonyl (C=O) groups is 2. The van der Waals surface area contributed by atoms with Crippen molar-refractivity contribution < 1.29 is 32.7 Å². The molecular formula is C24H32NO7P. The Morgan fingerprint density at radius 3 is 2.06 bits per heavy atom. The second kappa shape index (κ2) is 13.8. The predicted octanol–water partition coefficient (Wildman–Crippen LogP) is 5.03. The van der Waals surface area contributed by atoms with Gasteiger partial charge in [0.1, 0.15) is 18.2 Å². The van der Waals surface area contributed by atoms with Gasteiger partial charge in [0.25, 0.3) is 0 Å². The zero-order valence-electron chi connectivity index (χ0n) is 19.2. The quantitative estimate of drug-likeness (QED) is 0.260. The zero-order valence-corrected chi connectivity index (χ0v) is 20.2. The molecule has 8 nitrogen and oxygen atoms in total. The fourth-order valence-corrected chi connectivity index (χ4v) is 3.41. The molecule has 9 heteroatoms. The lowest BCUT2D eigenvalue weighted by molar-refractivity contribution is -0.147. The highest BCUT2D eigenvalue weighted by atomic mass is 31.1. The first kappa shape index (κ1) is 26.6. The molecule has 0 aliphatic heterocycles. The Labute approximate surface area is 195 Å². The highest BCUT2D eigenvalue weighted by Crippen LogP contribution is 2.26. The predicted molar refractivity (Wildman–Crippen MR) is 125 cm³/mol. The van der Waals surface area contributed by atoms with Crippen LogP contribution in [-0.2, 0) is 41.1 Å². The third-order valence-electron chi connectivity index (χ3n) is 4.26. The fourth-order valence-electron chi connectivity index (χ4n) is 2.73. The lowest BCUT2D eigenvalue weighted by atomic mass is 10.1. The molecule has 1 amide bonds. The summed E-state index contributed by atoms with van der Waals surface area (Å²) >= 11 is 0. The van der Waals surface area contributed by atoms with E-state index in [4.69, 9.17) is 18.5 Å². The van der Waals surface area contributed by atoms with Crippen LogP contribution in [0.15, 0.2) is 60.7 Å². The zero-order chi connectivity index (χ0) is 24.1. The largest absolute Gasteiger partial charge is 0.459 e. The lowest BCUT2D eigenvalue weighted by Gasteiger charge is -2.23. The van der Waals surface area contributed by atoms with E-state index in [1.807, 2.05) is 60.7 Å². The Morgan fingerprint density at radius 2 is 1.48 bits per heavy atom. The Balaban J connectivity index is 1.81. The smallest absolute Gasteiger partial charge is 0.408 e. The van der Waals surface area contributed by atoms with Crippen molar-refractivity contribution in [1.29, 1.82) is 0 Å². The van der Waals surface area contributed by atoms with Crippen molar-refractivity contribution in [1.82, 2.24) is 5.32 Å². The number of nitrogens with one attached hydrogen (secondary N) is 1. The highest BCUT2D eigenvalue weighted by Gasteiger charge is 2.25. The minimum Gasteiger partial charge on any atom is -0.459 e. The maximum Gasteiger partial charge on any atom is 0.408 e. The van der Waals surface area contributed by atoms with E-state index in [2.05, 4.69) is 5.32 Å². The van der Waals surface area contributed by atoms with Gasteiger partial charge in [-0.1, -0.05) is 60.7 Å². The van der Waals surface area contributed by atoms with Crippen molar-refractivity contribution in [2.45, 2.75) is 58.5 Å². The van der Waals surface area contributed by atoms with Crippen molar-refractivity contribution in [3.8, 4) is 0 Å². The van der Waals surface area contributed by atoms with Gasteiger partial charge in [0.2, 0.25) is 0 Å². The van der Waals surface area contributed by atoms with Crippen LogP contribution >= 0.6 is 8.25 Å². The number of benzene rings is 2. The molecule has 0 saturated heterocycles. The van der Waals surface area contributed by atoms with Gasteiger partial charge >= 0.3 is 20.3 Å². The van der Waals surface area contributed by atoms with Crippen LogP contribution in [0.25, 0.3) is 0 Å². The van der Waals surface area contributed by atoms with Gasteiger partial charge in [0, 0.05) is 0 Å². The Bertz CT molecular complexity index is 885. The summed E-state index contributed by atoms with van der Waals surface area (Å²) in [5.41, 5.74) is 1.02. The fraction of sp³-hybridized carbons (Fsp3) is 0.417. The van der Waals surface area contributed by atoms with Crippen molar-refractivity contribution in [3.05, 3.63) is 71.8 Å². The average molecular weight is 477 g/mol. The summed E-state index contributed by atoms with van der Waals surface area (Å²) in [7, 11) is -2.68. The number of amides is 1. The van der Waals surface area contributed by atoms with Gasteiger partial charge in [-0.25, -0.2) is 9.59 Å². The Morgan fingerprint density at radius 1 is 0.909 bits per heavy atom. The highest BCUT2D eigenvalue weighted by molar-refractivity contribution is 7.33. The van der Waals surface area contributed by atoms with Crippen LogP contribution in [0.5, 0.6) is 0 Å². The van der Waals surface area contributed by atoms with Crippen LogP contribution in [0.3, 0.4) is 0 Å². The molecule has 2 aromatic carbocycles. The van der Waals surface area contributed by atoms with Crippen LogP contribution < -0.4 is 5.32 Å². The normalized spacial score (nSPS) is 13.1. The molecule has 0 heterocycles. The molecule has 0 aliphatic rings. The van der Waals surface area contributed by atoms with Crippen LogP contribution in [0.2, 0.25) is 0 Å². The van der Waals surface area contributed by atoms with E-state index in [0.29, 0.717) is 6.42 Å². The van der Waals surface area contributed by atoms with Crippen LogP contribution in [0, 0.1) is 0 Å². The molecule has 180 valence electrons. The second-order valence-corrected chi connectivity index (χ2v) is 9.38. The van der Waals surface area contributed by atoms with E-state index >= 15 is 0 Å². The minimum absolute atomic E-state index is 0.0870. The van der Waals surface area contributed by atoms with Gasteiger partial charge in [0.15, 0.2) is 0 Å². The number of alkyl carbamates (subject to hydrolysis) is 1. The van der Waals surface area contributed by atoms with Gasteiger partial charge in [0.05, 0.1) is 13.2 Å². The van der Waals surface area contributed by atoms with Crippen molar-refractivity contribution >= 4 is 20.3 Å². The van der Waals surface area contributed by atoms with Crippen molar-refractivity contribution in [2.75, 3.05) is 6.61 Å². The molecule has 0 radical (unpaired) electrons. The molecule has 2 atom stereocenters. The number of hydrogen-bond acceptors (Lipinski definition) is 7. The molecule has 0 bridgehead atoms. The van der Waals surface area contributed by atoms with E-state index in [-0.39, 0.29) is 26.2 Å². The van der Waals surface area contributed by atoms with E-state index in [1.54, 1.807) is 20.8 Å². The summed E-state index contributed by atoms with van der Waals surface area (Å²) in [5.74, 6) is -0.585. The molecule has 1 N–H and O–H groups in total. The maximum absolute atomic E-state index is 12.6. The third kappa shape index (κ3) is 11.7. The molecular weight excluding hydrogens is 445 g/mol. The van der Waals surface area contributed by atoms with E-state index < -0.39 is 32.0 Å². The second-order valence-electron chi connectivity index (χ2n) is 8.31. The van der Waals surface area contributed by atoms with Gasteiger partial charge < -0.3 is 23.8 Å². The topological polar surface area (TPSA) is 100 Å².